The Morgan fingerprint density at radius 1 is 1.17 bits per heavy atom. The summed E-state index contributed by atoms with van der Waals surface area (Å²) in [6, 6.07) is 13.3. The van der Waals surface area contributed by atoms with Crippen LogP contribution >= 0.6 is 27.3 Å². The number of pyridine rings is 1. The Balaban J connectivity index is 1.47. The highest BCUT2D eigenvalue weighted by atomic mass is 79.9. The molecule has 0 unspecified atom stereocenters. The van der Waals surface area contributed by atoms with Crippen molar-refractivity contribution in [2.45, 2.75) is 6.42 Å². The highest BCUT2D eigenvalue weighted by Crippen LogP contribution is 2.33. The van der Waals surface area contributed by atoms with Crippen molar-refractivity contribution in [2.75, 3.05) is 11.9 Å². The van der Waals surface area contributed by atoms with Crippen LogP contribution in [0.2, 0.25) is 0 Å². The zero-order chi connectivity index (χ0) is 20.2. The second-order valence-electron chi connectivity index (χ2n) is 6.16. The number of fused-ring (bicyclic) bond motifs is 1. The summed E-state index contributed by atoms with van der Waals surface area (Å²) in [5.41, 5.74) is 7.35. The first-order valence-corrected chi connectivity index (χ1v) is 10.4. The summed E-state index contributed by atoms with van der Waals surface area (Å²) in [5.74, 6) is 0.615. The first-order chi connectivity index (χ1) is 14.1. The molecule has 0 radical (unpaired) electrons. The zero-order valence-corrected chi connectivity index (χ0v) is 17.5. The van der Waals surface area contributed by atoms with E-state index in [-0.39, 0.29) is 5.69 Å². The van der Waals surface area contributed by atoms with Gasteiger partial charge < -0.3 is 15.8 Å². The van der Waals surface area contributed by atoms with Crippen LogP contribution in [0.5, 0.6) is 5.88 Å². The molecule has 4 rings (SSSR count). The van der Waals surface area contributed by atoms with Crippen LogP contribution in [0.1, 0.15) is 16.1 Å². The summed E-state index contributed by atoms with van der Waals surface area (Å²) in [6.07, 6.45) is 2.16. The van der Waals surface area contributed by atoms with Crippen molar-refractivity contribution in [3.63, 3.8) is 0 Å². The van der Waals surface area contributed by atoms with Crippen molar-refractivity contribution in [1.82, 2.24) is 15.2 Å². The molecule has 146 valence electrons. The standard InChI is InChI=1S/C20H16BrN5O2S/c21-13-1-3-14(4-2-13)24-19-15-7-10-29-17(15)20(26-25-19)28-9-6-12-5-8-23-16(11-12)18(22)27/h1-5,7-8,10-11H,6,9H2,(H2,22,27)(H,24,25). The molecular weight excluding hydrogens is 454 g/mol. The number of ether oxygens (including phenoxy) is 1. The normalized spacial score (nSPS) is 10.8. The lowest BCUT2D eigenvalue weighted by Crippen LogP contribution is -2.13. The Kier molecular flexibility index (Phi) is 5.68. The third-order valence-electron chi connectivity index (χ3n) is 4.17. The number of hydrogen-bond donors (Lipinski definition) is 2. The van der Waals surface area contributed by atoms with Crippen LogP contribution in [0.3, 0.4) is 0 Å². The number of benzene rings is 1. The van der Waals surface area contributed by atoms with Crippen molar-refractivity contribution in [2.24, 2.45) is 5.73 Å². The van der Waals surface area contributed by atoms with E-state index >= 15 is 0 Å². The molecule has 3 heterocycles. The first-order valence-electron chi connectivity index (χ1n) is 8.74. The number of anilines is 2. The Morgan fingerprint density at radius 3 is 2.79 bits per heavy atom. The largest absolute Gasteiger partial charge is 0.475 e. The molecule has 0 saturated carbocycles. The third-order valence-corrected chi connectivity index (χ3v) is 5.60. The van der Waals surface area contributed by atoms with Gasteiger partial charge in [0.25, 0.3) is 11.8 Å². The predicted molar refractivity (Wildman–Crippen MR) is 117 cm³/mol. The SMILES string of the molecule is NC(=O)c1cc(CCOc2nnc(Nc3ccc(Br)cc3)c3ccsc23)ccn1. The molecule has 0 aliphatic heterocycles. The van der Waals surface area contributed by atoms with Crippen LogP contribution < -0.4 is 15.8 Å². The minimum absolute atomic E-state index is 0.242. The molecular formula is C20H16BrN5O2S. The van der Waals surface area contributed by atoms with Crippen molar-refractivity contribution < 1.29 is 9.53 Å². The van der Waals surface area contributed by atoms with Crippen LogP contribution in [0.25, 0.3) is 10.1 Å². The van der Waals surface area contributed by atoms with E-state index in [1.807, 2.05) is 41.8 Å². The van der Waals surface area contributed by atoms with E-state index in [0.29, 0.717) is 24.7 Å². The van der Waals surface area contributed by atoms with Crippen molar-refractivity contribution in [3.05, 3.63) is 69.8 Å². The number of primary amides is 1. The molecule has 0 aliphatic rings. The van der Waals surface area contributed by atoms with Crippen molar-refractivity contribution >= 4 is 54.8 Å². The summed E-state index contributed by atoms with van der Waals surface area (Å²) < 4.78 is 7.80. The lowest BCUT2D eigenvalue weighted by atomic mass is 10.2. The number of nitrogens with one attached hydrogen (secondary N) is 1. The third kappa shape index (κ3) is 4.52. The summed E-state index contributed by atoms with van der Waals surface area (Å²) in [7, 11) is 0. The van der Waals surface area contributed by atoms with Gasteiger partial charge in [-0.1, -0.05) is 15.9 Å². The van der Waals surface area contributed by atoms with E-state index in [2.05, 4.69) is 36.4 Å². The van der Waals surface area contributed by atoms with Gasteiger partial charge in [-0.2, -0.15) is 0 Å². The quantitative estimate of drug-likeness (QED) is 0.417. The lowest BCUT2D eigenvalue weighted by Gasteiger charge is -2.10. The van der Waals surface area contributed by atoms with Gasteiger partial charge in [-0.25, -0.2) is 0 Å². The molecule has 3 aromatic heterocycles. The molecule has 0 spiro atoms. The van der Waals surface area contributed by atoms with Gasteiger partial charge in [0.15, 0.2) is 5.82 Å². The van der Waals surface area contributed by atoms with Gasteiger partial charge in [0.1, 0.15) is 10.4 Å². The lowest BCUT2D eigenvalue weighted by molar-refractivity contribution is 0.0995. The van der Waals surface area contributed by atoms with Crippen LogP contribution in [-0.2, 0) is 6.42 Å². The minimum atomic E-state index is -0.548. The fourth-order valence-corrected chi connectivity index (χ4v) is 3.84. The molecule has 3 N–H and O–H groups in total. The number of hydrogen-bond acceptors (Lipinski definition) is 7. The van der Waals surface area contributed by atoms with Gasteiger partial charge in [0, 0.05) is 28.2 Å². The smallest absolute Gasteiger partial charge is 0.267 e. The van der Waals surface area contributed by atoms with E-state index in [0.717, 1.165) is 25.8 Å². The molecule has 0 bridgehead atoms. The Labute approximate surface area is 179 Å². The van der Waals surface area contributed by atoms with Crippen LogP contribution in [0, 0.1) is 0 Å². The van der Waals surface area contributed by atoms with Crippen LogP contribution in [0.4, 0.5) is 11.5 Å². The number of halogens is 1. The maximum Gasteiger partial charge on any atom is 0.267 e. The zero-order valence-electron chi connectivity index (χ0n) is 15.1. The maximum atomic E-state index is 11.2. The van der Waals surface area contributed by atoms with Gasteiger partial charge >= 0.3 is 0 Å². The molecule has 0 fully saturated rings. The summed E-state index contributed by atoms with van der Waals surface area (Å²) in [6.45, 7) is 0.392. The molecule has 1 aromatic carbocycles. The number of nitrogens with two attached hydrogens (primary N) is 1. The summed E-state index contributed by atoms with van der Waals surface area (Å²) >= 11 is 4.98. The van der Waals surface area contributed by atoms with Gasteiger partial charge in [0.05, 0.1) is 6.61 Å². The predicted octanol–water partition coefficient (Wildman–Crippen LogP) is 4.31. The van der Waals surface area contributed by atoms with Gasteiger partial charge in [0.2, 0.25) is 0 Å². The second kappa shape index (κ2) is 8.54. The number of amides is 1. The fraction of sp³-hybridized carbons (Fsp3) is 0.100. The van der Waals surface area contributed by atoms with Crippen molar-refractivity contribution in [3.8, 4) is 5.88 Å². The average molecular weight is 470 g/mol. The molecule has 0 aliphatic carbocycles. The van der Waals surface area contributed by atoms with Gasteiger partial charge in [-0.05, 0) is 53.4 Å². The number of rotatable bonds is 7. The number of carbonyl (C=O) groups is 1. The van der Waals surface area contributed by atoms with Crippen LogP contribution in [-0.4, -0.2) is 27.7 Å². The summed E-state index contributed by atoms with van der Waals surface area (Å²) in [5, 5.41) is 14.8. The highest BCUT2D eigenvalue weighted by Gasteiger charge is 2.12. The van der Waals surface area contributed by atoms with Crippen LogP contribution in [0.15, 0.2) is 58.5 Å². The van der Waals surface area contributed by atoms with Gasteiger partial charge in [-0.15, -0.1) is 21.5 Å². The Bertz CT molecular complexity index is 1160. The molecule has 0 saturated heterocycles. The van der Waals surface area contributed by atoms with Crippen molar-refractivity contribution in [1.29, 1.82) is 0 Å². The van der Waals surface area contributed by atoms with Gasteiger partial charge in [-0.3, -0.25) is 9.78 Å². The first kappa shape index (κ1) is 19.3. The topological polar surface area (TPSA) is 103 Å². The molecule has 9 heteroatoms. The molecule has 7 nitrogen and oxygen atoms in total. The molecule has 1 amide bonds. The van der Waals surface area contributed by atoms with E-state index < -0.39 is 5.91 Å². The Morgan fingerprint density at radius 2 is 2.00 bits per heavy atom. The molecule has 0 atom stereocenters. The number of nitrogens with zero attached hydrogens (tertiary/aromatic N) is 3. The number of aromatic nitrogens is 3. The Hall–Kier alpha value is -3.04. The van der Waals surface area contributed by atoms with E-state index in [1.54, 1.807) is 23.6 Å². The summed E-state index contributed by atoms with van der Waals surface area (Å²) in [4.78, 5) is 15.2. The van der Waals surface area contributed by atoms with E-state index in [4.69, 9.17) is 10.5 Å². The highest BCUT2D eigenvalue weighted by molar-refractivity contribution is 9.10. The number of carbonyl (C=O) groups excluding carboxylic acids is 1. The van der Waals surface area contributed by atoms with E-state index in [9.17, 15) is 4.79 Å². The minimum Gasteiger partial charge on any atom is -0.475 e. The monoisotopic (exact) mass is 469 g/mol. The fourth-order valence-electron chi connectivity index (χ4n) is 2.74. The number of thiophene rings is 1. The average Bonchev–Trinajstić information content (AvgIpc) is 3.22. The maximum absolute atomic E-state index is 11.2. The molecule has 29 heavy (non-hydrogen) atoms. The van der Waals surface area contributed by atoms with E-state index in [1.165, 1.54) is 0 Å². The second-order valence-corrected chi connectivity index (χ2v) is 7.99. The molecule has 4 aromatic rings.